The molecule has 0 spiro atoms. The molecule has 37 heavy (non-hydrogen) atoms. The monoisotopic (exact) mass is 561 g/mol. The first-order valence-corrected chi connectivity index (χ1v) is 13.6. The van der Waals surface area contributed by atoms with Crippen molar-refractivity contribution in [2.75, 3.05) is 23.7 Å². The minimum absolute atomic E-state index is 0.0770. The van der Waals surface area contributed by atoms with Crippen molar-refractivity contribution in [1.29, 1.82) is 0 Å². The number of sulfonamides is 1. The standard InChI is InChI=1S/C25H31ClF3N3O4S/c1-17(23(34)30-24(2,3)4)31(14-13-18-9-7-6-8-10-18)22(33)16-32(37(5,35)36)19-11-12-21(26)20(15-19)25(27,28)29/h6-12,15,17H,13-14,16H2,1-5H3,(H,30,34)/t17-/m1/s1. The molecule has 0 bridgehead atoms. The Balaban J connectivity index is 2.42. The zero-order valence-corrected chi connectivity index (χ0v) is 22.8. The summed E-state index contributed by atoms with van der Waals surface area (Å²) in [7, 11) is -4.19. The minimum atomic E-state index is -4.83. The summed E-state index contributed by atoms with van der Waals surface area (Å²) in [5.41, 5.74) is -1.31. The number of hydrogen-bond donors (Lipinski definition) is 1. The molecule has 0 aliphatic carbocycles. The van der Waals surface area contributed by atoms with E-state index in [2.05, 4.69) is 5.32 Å². The van der Waals surface area contributed by atoms with Crippen LogP contribution < -0.4 is 9.62 Å². The van der Waals surface area contributed by atoms with Gasteiger partial charge in [-0.15, -0.1) is 0 Å². The summed E-state index contributed by atoms with van der Waals surface area (Å²) in [5, 5.41) is 2.19. The molecular formula is C25H31ClF3N3O4S. The molecular weight excluding hydrogens is 531 g/mol. The Morgan fingerprint density at radius 3 is 2.16 bits per heavy atom. The molecule has 0 aromatic heterocycles. The van der Waals surface area contributed by atoms with E-state index in [9.17, 15) is 31.2 Å². The lowest BCUT2D eigenvalue weighted by atomic mass is 10.1. The summed E-state index contributed by atoms with van der Waals surface area (Å²) in [6.45, 7) is 6.11. The molecule has 2 amide bonds. The SMILES string of the molecule is C[C@H](C(=O)NC(C)(C)C)N(CCc1ccccc1)C(=O)CN(c1ccc(Cl)c(C(F)(F)F)c1)S(C)(=O)=O. The summed E-state index contributed by atoms with van der Waals surface area (Å²) in [5.74, 6) is -1.20. The van der Waals surface area contributed by atoms with Crippen LogP contribution in [0.2, 0.25) is 5.02 Å². The molecule has 7 nitrogen and oxygen atoms in total. The lowest BCUT2D eigenvalue weighted by Crippen LogP contribution is -2.55. The second-order valence-electron chi connectivity index (χ2n) is 9.67. The van der Waals surface area contributed by atoms with Gasteiger partial charge < -0.3 is 10.2 Å². The Bertz CT molecular complexity index is 1220. The van der Waals surface area contributed by atoms with Crippen molar-refractivity contribution in [3.05, 3.63) is 64.7 Å². The first kappa shape index (κ1) is 30.4. The molecule has 0 aliphatic rings. The van der Waals surface area contributed by atoms with Gasteiger partial charge in [-0.05, 0) is 57.9 Å². The van der Waals surface area contributed by atoms with Crippen molar-refractivity contribution in [3.8, 4) is 0 Å². The number of carbonyl (C=O) groups excluding carboxylic acids is 2. The number of alkyl halides is 3. The highest BCUT2D eigenvalue weighted by atomic mass is 35.5. The quantitative estimate of drug-likeness (QED) is 0.488. The fourth-order valence-corrected chi connectivity index (χ4v) is 4.61. The van der Waals surface area contributed by atoms with Crippen LogP contribution in [0.5, 0.6) is 0 Å². The van der Waals surface area contributed by atoms with E-state index in [-0.39, 0.29) is 12.2 Å². The third-order valence-corrected chi connectivity index (χ3v) is 6.84. The summed E-state index contributed by atoms with van der Waals surface area (Å²) < 4.78 is 65.9. The van der Waals surface area contributed by atoms with Crippen LogP contribution in [0, 0.1) is 0 Å². The van der Waals surface area contributed by atoms with Gasteiger partial charge in [-0.1, -0.05) is 41.9 Å². The van der Waals surface area contributed by atoms with Gasteiger partial charge in [0.1, 0.15) is 12.6 Å². The van der Waals surface area contributed by atoms with Crippen LogP contribution in [-0.2, 0) is 32.2 Å². The second kappa shape index (κ2) is 11.7. The number of hydrogen-bond acceptors (Lipinski definition) is 4. The molecule has 1 atom stereocenters. The summed E-state index contributed by atoms with van der Waals surface area (Å²) >= 11 is 5.68. The zero-order chi connectivity index (χ0) is 28.2. The van der Waals surface area contributed by atoms with E-state index in [1.165, 1.54) is 11.8 Å². The first-order valence-electron chi connectivity index (χ1n) is 11.4. The highest BCUT2D eigenvalue weighted by Gasteiger charge is 2.35. The molecule has 0 fully saturated rings. The fraction of sp³-hybridized carbons (Fsp3) is 0.440. The lowest BCUT2D eigenvalue weighted by Gasteiger charge is -2.33. The molecule has 0 saturated carbocycles. The number of halogens is 4. The van der Waals surface area contributed by atoms with Crippen molar-refractivity contribution in [2.24, 2.45) is 0 Å². The number of amides is 2. The first-order chi connectivity index (χ1) is 16.9. The van der Waals surface area contributed by atoms with Gasteiger partial charge in [0.15, 0.2) is 0 Å². The van der Waals surface area contributed by atoms with Gasteiger partial charge in [0.25, 0.3) is 0 Å². The second-order valence-corrected chi connectivity index (χ2v) is 12.0. The van der Waals surface area contributed by atoms with Gasteiger partial charge in [0, 0.05) is 12.1 Å². The van der Waals surface area contributed by atoms with Crippen LogP contribution >= 0.6 is 11.6 Å². The topological polar surface area (TPSA) is 86.8 Å². The lowest BCUT2D eigenvalue weighted by molar-refractivity contribution is -0.139. The molecule has 0 aliphatic heterocycles. The van der Waals surface area contributed by atoms with Crippen molar-refractivity contribution < 1.29 is 31.2 Å². The van der Waals surface area contributed by atoms with Gasteiger partial charge >= 0.3 is 6.18 Å². The summed E-state index contributed by atoms with van der Waals surface area (Å²) in [6, 6.07) is 10.8. The highest BCUT2D eigenvalue weighted by Crippen LogP contribution is 2.37. The fourth-order valence-electron chi connectivity index (χ4n) is 3.54. The van der Waals surface area contributed by atoms with Gasteiger partial charge in [-0.2, -0.15) is 13.2 Å². The molecule has 0 radical (unpaired) electrons. The van der Waals surface area contributed by atoms with Gasteiger partial charge in [0.05, 0.1) is 22.5 Å². The molecule has 12 heteroatoms. The van der Waals surface area contributed by atoms with Crippen LogP contribution in [0.15, 0.2) is 48.5 Å². The number of benzene rings is 2. The van der Waals surface area contributed by atoms with Crippen molar-refractivity contribution in [2.45, 2.75) is 51.9 Å². The average Bonchev–Trinajstić information content (AvgIpc) is 2.76. The Hall–Kier alpha value is -2.79. The van der Waals surface area contributed by atoms with E-state index in [0.29, 0.717) is 16.8 Å². The predicted molar refractivity (Wildman–Crippen MR) is 138 cm³/mol. The van der Waals surface area contributed by atoms with E-state index in [1.807, 2.05) is 30.3 Å². The maximum Gasteiger partial charge on any atom is 0.417 e. The number of carbonyl (C=O) groups is 2. The van der Waals surface area contributed by atoms with Gasteiger partial charge in [0.2, 0.25) is 21.8 Å². The van der Waals surface area contributed by atoms with Crippen LogP contribution in [0.3, 0.4) is 0 Å². The van der Waals surface area contributed by atoms with Crippen LogP contribution in [-0.4, -0.2) is 56.1 Å². The van der Waals surface area contributed by atoms with E-state index < -0.39 is 56.7 Å². The predicted octanol–water partition coefficient (Wildman–Crippen LogP) is 4.50. The molecule has 0 heterocycles. The molecule has 0 saturated heterocycles. The largest absolute Gasteiger partial charge is 0.417 e. The summed E-state index contributed by atoms with van der Waals surface area (Å²) in [4.78, 5) is 27.6. The molecule has 2 aromatic carbocycles. The Morgan fingerprint density at radius 1 is 1.05 bits per heavy atom. The Morgan fingerprint density at radius 2 is 1.65 bits per heavy atom. The molecule has 0 unspecified atom stereocenters. The van der Waals surface area contributed by atoms with Crippen molar-refractivity contribution in [1.82, 2.24) is 10.2 Å². The highest BCUT2D eigenvalue weighted by molar-refractivity contribution is 7.92. The van der Waals surface area contributed by atoms with E-state index >= 15 is 0 Å². The number of rotatable bonds is 9. The number of nitrogens with one attached hydrogen (secondary N) is 1. The normalized spacial score (nSPS) is 13.1. The zero-order valence-electron chi connectivity index (χ0n) is 21.3. The van der Waals surface area contributed by atoms with Crippen molar-refractivity contribution >= 4 is 39.1 Å². The van der Waals surface area contributed by atoms with E-state index in [0.717, 1.165) is 24.0 Å². The van der Waals surface area contributed by atoms with Gasteiger partial charge in [-0.3, -0.25) is 13.9 Å². The number of anilines is 1. The Kier molecular flexibility index (Phi) is 9.64. The molecule has 2 rings (SSSR count). The van der Waals surface area contributed by atoms with Crippen molar-refractivity contribution in [3.63, 3.8) is 0 Å². The number of nitrogens with zero attached hydrogens (tertiary/aromatic N) is 2. The van der Waals surface area contributed by atoms with Crippen LogP contribution in [0.1, 0.15) is 38.8 Å². The maximum absolute atomic E-state index is 13.4. The third kappa shape index (κ3) is 8.92. The summed E-state index contributed by atoms with van der Waals surface area (Å²) in [6.07, 6.45) is -3.68. The average molecular weight is 562 g/mol. The van der Waals surface area contributed by atoms with E-state index in [1.54, 1.807) is 20.8 Å². The third-order valence-electron chi connectivity index (χ3n) is 5.37. The molecule has 2 aromatic rings. The smallest absolute Gasteiger partial charge is 0.350 e. The minimum Gasteiger partial charge on any atom is -0.350 e. The molecule has 204 valence electrons. The maximum atomic E-state index is 13.4. The van der Waals surface area contributed by atoms with E-state index in [4.69, 9.17) is 11.6 Å². The molecule has 1 N–H and O–H groups in total. The Labute approximate surface area is 220 Å². The van der Waals surface area contributed by atoms with Gasteiger partial charge in [-0.25, -0.2) is 8.42 Å². The van der Waals surface area contributed by atoms with Crippen LogP contribution in [0.4, 0.5) is 18.9 Å². The van der Waals surface area contributed by atoms with Crippen LogP contribution in [0.25, 0.3) is 0 Å².